The lowest BCUT2D eigenvalue weighted by Gasteiger charge is -2.16. The number of halogens is 2. The highest BCUT2D eigenvalue weighted by molar-refractivity contribution is 5.97. The lowest BCUT2D eigenvalue weighted by molar-refractivity contribution is -0.128. The molecule has 2 amide bonds. The molecule has 0 aliphatic carbocycles. The van der Waals surface area contributed by atoms with E-state index in [1.807, 2.05) is 0 Å². The summed E-state index contributed by atoms with van der Waals surface area (Å²) in [6.45, 7) is 0.815. The summed E-state index contributed by atoms with van der Waals surface area (Å²) in [7, 11) is 0. The van der Waals surface area contributed by atoms with Crippen LogP contribution in [0, 0.1) is 17.6 Å². The van der Waals surface area contributed by atoms with Gasteiger partial charge in [0.25, 0.3) is 0 Å². The molecule has 0 bridgehead atoms. The molecular formula is C19H18F2N2O2. The number of hydrogen-bond acceptors (Lipinski definition) is 2. The van der Waals surface area contributed by atoms with Gasteiger partial charge in [0.05, 0.1) is 5.92 Å². The zero-order valence-electron chi connectivity index (χ0n) is 13.5. The second-order valence-electron chi connectivity index (χ2n) is 6.12. The van der Waals surface area contributed by atoms with Gasteiger partial charge in [-0.2, -0.15) is 0 Å². The highest BCUT2D eigenvalue weighted by Gasteiger charge is 2.34. The van der Waals surface area contributed by atoms with Crippen molar-refractivity contribution in [2.75, 3.05) is 18.4 Å². The zero-order chi connectivity index (χ0) is 17.8. The average molecular weight is 344 g/mol. The van der Waals surface area contributed by atoms with Gasteiger partial charge in [-0.25, -0.2) is 8.78 Å². The van der Waals surface area contributed by atoms with E-state index in [4.69, 9.17) is 0 Å². The van der Waals surface area contributed by atoms with E-state index in [9.17, 15) is 18.4 Å². The molecule has 6 heteroatoms. The second kappa shape index (κ2) is 7.42. The summed E-state index contributed by atoms with van der Waals surface area (Å²) in [4.78, 5) is 26.0. The van der Waals surface area contributed by atoms with E-state index in [0.29, 0.717) is 25.2 Å². The van der Waals surface area contributed by atoms with Crippen LogP contribution in [0.25, 0.3) is 0 Å². The monoisotopic (exact) mass is 344 g/mol. The topological polar surface area (TPSA) is 49.4 Å². The minimum Gasteiger partial charge on any atom is -0.342 e. The average Bonchev–Trinajstić information content (AvgIpc) is 2.95. The number of carbonyl (C=O) groups excluding carboxylic acids is 2. The van der Waals surface area contributed by atoms with Crippen LogP contribution in [0.4, 0.5) is 14.5 Å². The summed E-state index contributed by atoms with van der Waals surface area (Å²) < 4.78 is 26.1. The van der Waals surface area contributed by atoms with Gasteiger partial charge in [-0.1, -0.05) is 18.2 Å². The van der Waals surface area contributed by atoms with Crippen molar-refractivity contribution in [1.82, 2.24) is 4.90 Å². The van der Waals surface area contributed by atoms with Crippen LogP contribution < -0.4 is 5.32 Å². The minimum absolute atomic E-state index is 0.0819. The molecule has 4 nitrogen and oxygen atoms in total. The molecule has 1 atom stereocenters. The largest absolute Gasteiger partial charge is 0.342 e. The number of nitrogens with one attached hydrogen (secondary N) is 1. The van der Waals surface area contributed by atoms with Crippen molar-refractivity contribution in [2.45, 2.75) is 12.8 Å². The Kier molecular flexibility index (Phi) is 5.07. The van der Waals surface area contributed by atoms with Gasteiger partial charge in [0.2, 0.25) is 11.8 Å². The molecule has 0 radical (unpaired) electrons. The third-order valence-corrected chi connectivity index (χ3v) is 4.26. The lowest BCUT2D eigenvalue weighted by atomic mass is 10.1. The molecule has 1 N–H and O–H groups in total. The number of nitrogens with zero attached hydrogens (tertiary/aromatic N) is 1. The van der Waals surface area contributed by atoms with Crippen molar-refractivity contribution >= 4 is 17.5 Å². The fourth-order valence-corrected chi connectivity index (χ4v) is 2.89. The number of likely N-dealkylation sites (tertiary alicyclic amines) is 1. The Morgan fingerprint density at radius 2 is 1.88 bits per heavy atom. The summed E-state index contributed by atoms with van der Waals surface area (Å²) in [6, 6.07) is 11.8. The molecule has 1 fully saturated rings. The van der Waals surface area contributed by atoms with Crippen LogP contribution >= 0.6 is 0 Å². The summed E-state index contributed by atoms with van der Waals surface area (Å²) in [5.41, 5.74) is 1.31. The number of rotatable bonds is 5. The van der Waals surface area contributed by atoms with Crippen LogP contribution in [0.2, 0.25) is 0 Å². The highest BCUT2D eigenvalue weighted by Crippen LogP contribution is 2.21. The van der Waals surface area contributed by atoms with Crippen molar-refractivity contribution < 1.29 is 18.4 Å². The van der Waals surface area contributed by atoms with Crippen molar-refractivity contribution in [3.8, 4) is 0 Å². The van der Waals surface area contributed by atoms with Crippen LogP contribution in [-0.4, -0.2) is 29.8 Å². The fraction of sp³-hybridized carbons (Fsp3) is 0.263. The van der Waals surface area contributed by atoms with E-state index in [1.165, 1.54) is 30.3 Å². The molecule has 2 aromatic rings. The molecule has 0 spiro atoms. The fourth-order valence-electron chi connectivity index (χ4n) is 2.89. The Labute approximate surface area is 144 Å². The van der Waals surface area contributed by atoms with Gasteiger partial charge in [-0.15, -0.1) is 0 Å². The van der Waals surface area contributed by atoms with Gasteiger partial charge in [-0.3, -0.25) is 9.59 Å². The summed E-state index contributed by atoms with van der Waals surface area (Å²) in [5, 5.41) is 2.65. The van der Waals surface area contributed by atoms with Crippen LogP contribution in [0.1, 0.15) is 12.0 Å². The SMILES string of the molecule is O=C(Nc1cccc(F)c1)C1CC(=O)N(CCc2ccc(F)cc2)C1. The summed E-state index contributed by atoms with van der Waals surface area (Å²) in [6.07, 6.45) is 0.745. The number of carbonyl (C=O) groups is 2. The van der Waals surface area contributed by atoms with Gasteiger partial charge in [0, 0.05) is 25.2 Å². The molecule has 0 saturated carbocycles. The molecule has 25 heavy (non-hydrogen) atoms. The first kappa shape index (κ1) is 17.1. The van der Waals surface area contributed by atoms with Gasteiger partial charge in [0.15, 0.2) is 0 Å². The molecule has 1 saturated heterocycles. The molecule has 1 heterocycles. The predicted octanol–water partition coefficient (Wildman–Crippen LogP) is 2.99. The predicted molar refractivity (Wildman–Crippen MR) is 89.8 cm³/mol. The molecule has 3 rings (SSSR count). The summed E-state index contributed by atoms with van der Waals surface area (Å²) >= 11 is 0. The first-order valence-corrected chi connectivity index (χ1v) is 8.10. The smallest absolute Gasteiger partial charge is 0.229 e. The number of amides is 2. The van der Waals surface area contributed by atoms with Gasteiger partial charge < -0.3 is 10.2 Å². The Balaban J connectivity index is 1.54. The molecule has 1 unspecified atom stereocenters. The number of anilines is 1. The van der Waals surface area contributed by atoms with Crippen molar-refractivity contribution in [1.29, 1.82) is 0 Å². The Hall–Kier alpha value is -2.76. The van der Waals surface area contributed by atoms with Gasteiger partial charge in [0.1, 0.15) is 11.6 Å². The number of benzene rings is 2. The Morgan fingerprint density at radius 1 is 1.12 bits per heavy atom. The number of hydrogen-bond donors (Lipinski definition) is 1. The van der Waals surface area contributed by atoms with E-state index >= 15 is 0 Å². The molecule has 1 aliphatic rings. The zero-order valence-corrected chi connectivity index (χ0v) is 13.5. The standard InChI is InChI=1S/C19H18F2N2O2/c20-15-6-4-13(5-7-15)8-9-23-12-14(10-18(23)24)19(25)22-17-3-1-2-16(21)11-17/h1-7,11,14H,8-10,12H2,(H,22,25). The van der Waals surface area contributed by atoms with Gasteiger partial charge in [-0.05, 0) is 42.3 Å². The molecule has 130 valence electrons. The minimum atomic E-state index is -0.455. The van der Waals surface area contributed by atoms with Crippen LogP contribution in [0.5, 0.6) is 0 Å². The first-order chi connectivity index (χ1) is 12.0. The van der Waals surface area contributed by atoms with E-state index in [2.05, 4.69) is 5.32 Å². The van der Waals surface area contributed by atoms with Crippen molar-refractivity contribution in [3.05, 3.63) is 65.7 Å². The van der Waals surface area contributed by atoms with Crippen LogP contribution in [-0.2, 0) is 16.0 Å². The lowest BCUT2D eigenvalue weighted by Crippen LogP contribution is -2.30. The molecule has 1 aliphatic heterocycles. The first-order valence-electron chi connectivity index (χ1n) is 8.10. The summed E-state index contributed by atoms with van der Waals surface area (Å²) in [5.74, 6) is -1.55. The third kappa shape index (κ3) is 4.41. The van der Waals surface area contributed by atoms with E-state index < -0.39 is 11.7 Å². The Bertz CT molecular complexity index is 777. The maximum Gasteiger partial charge on any atom is 0.229 e. The highest BCUT2D eigenvalue weighted by atomic mass is 19.1. The maximum atomic E-state index is 13.2. The second-order valence-corrected chi connectivity index (χ2v) is 6.12. The molecular weight excluding hydrogens is 326 g/mol. The van der Waals surface area contributed by atoms with Crippen molar-refractivity contribution in [3.63, 3.8) is 0 Å². The Morgan fingerprint density at radius 3 is 2.60 bits per heavy atom. The van der Waals surface area contributed by atoms with Crippen LogP contribution in [0.15, 0.2) is 48.5 Å². The quantitative estimate of drug-likeness (QED) is 0.906. The van der Waals surface area contributed by atoms with E-state index in [0.717, 1.165) is 5.56 Å². The maximum absolute atomic E-state index is 13.2. The van der Waals surface area contributed by atoms with Gasteiger partial charge >= 0.3 is 0 Å². The van der Waals surface area contributed by atoms with Crippen molar-refractivity contribution in [2.24, 2.45) is 5.92 Å². The van der Waals surface area contributed by atoms with Crippen LogP contribution in [0.3, 0.4) is 0 Å². The third-order valence-electron chi connectivity index (χ3n) is 4.26. The molecule has 0 aromatic heterocycles. The molecule has 2 aromatic carbocycles. The van der Waals surface area contributed by atoms with E-state index in [1.54, 1.807) is 23.1 Å². The normalized spacial score (nSPS) is 17.0. The van der Waals surface area contributed by atoms with E-state index in [-0.39, 0.29) is 24.1 Å².